The summed E-state index contributed by atoms with van der Waals surface area (Å²) in [5.41, 5.74) is 1.26. The smallest absolute Gasteiger partial charge is 0.223 e. The Kier molecular flexibility index (Phi) is 3.64. The van der Waals surface area contributed by atoms with Crippen molar-refractivity contribution in [2.75, 3.05) is 6.54 Å². The molecule has 100 valence electrons. The molecule has 4 nitrogen and oxygen atoms in total. The van der Waals surface area contributed by atoms with Gasteiger partial charge in [0.1, 0.15) is 5.82 Å². The quantitative estimate of drug-likeness (QED) is 0.932. The molecule has 0 radical (unpaired) electrons. The molecule has 0 saturated carbocycles. The number of aromatic nitrogens is 2. The molecule has 0 aliphatic carbocycles. The van der Waals surface area contributed by atoms with E-state index >= 15 is 0 Å². The molecule has 0 spiro atoms. The van der Waals surface area contributed by atoms with Gasteiger partial charge in [-0.3, -0.25) is 4.79 Å². The van der Waals surface area contributed by atoms with Crippen LogP contribution in [-0.4, -0.2) is 27.3 Å². The van der Waals surface area contributed by atoms with Crippen LogP contribution in [0.4, 0.5) is 0 Å². The van der Waals surface area contributed by atoms with Gasteiger partial charge < -0.3 is 9.88 Å². The molecule has 2 aromatic rings. The normalized spacial score (nSPS) is 18.9. The van der Waals surface area contributed by atoms with Gasteiger partial charge in [-0.25, -0.2) is 4.98 Å². The van der Waals surface area contributed by atoms with Crippen LogP contribution in [0.5, 0.6) is 0 Å². The molecule has 19 heavy (non-hydrogen) atoms. The lowest BCUT2D eigenvalue weighted by Gasteiger charge is -2.23. The highest BCUT2D eigenvalue weighted by Gasteiger charge is 2.30. The highest BCUT2D eigenvalue weighted by atomic mass is 32.1. The lowest BCUT2D eigenvalue weighted by molar-refractivity contribution is -0.132. The number of hydrogen-bond donors (Lipinski definition) is 1. The maximum atomic E-state index is 12.3. The van der Waals surface area contributed by atoms with Crippen LogP contribution >= 0.6 is 11.3 Å². The van der Waals surface area contributed by atoms with E-state index in [2.05, 4.69) is 26.8 Å². The molecule has 1 fully saturated rings. The largest absolute Gasteiger partial charge is 0.347 e. The Morgan fingerprint density at radius 2 is 2.53 bits per heavy atom. The van der Waals surface area contributed by atoms with E-state index in [1.807, 2.05) is 11.1 Å². The first-order valence-electron chi connectivity index (χ1n) is 6.64. The summed E-state index contributed by atoms with van der Waals surface area (Å²) < 4.78 is 0. The Balaban J connectivity index is 1.62. The van der Waals surface area contributed by atoms with Crippen molar-refractivity contribution in [1.82, 2.24) is 14.9 Å². The van der Waals surface area contributed by atoms with Gasteiger partial charge in [-0.2, -0.15) is 11.3 Å². The zero-order chi connectivity index (χ0) is 13.1. The van der Waals surface area contributed by atoms with Gasteiger partial charge in [0, 0.05) is 25.4 Å². The molecule has 1 amide bonds. The zero-order valence-electron chi connectivity index (χ0n) is 10.7. The number of likely N-dealkylation sites (tertiary alicyclic amines) is 1. The summed E-state index contributed by atoms with van der Waals surface area (Å²) in [5, 5.41) is 4.17. The second-order valence-electron chi connectivity index (χ2n) is 4.85. The molecule has 0 unspecified atom stereocenters. The molecule has 1 aliphatic heterocycles. The molecular formula is C14H17N3OS. The van der Waals surface area contributed by atoms with Crippen molar-refractivity contribution in [2.45, 2.75) is 31.7 Å². The summed E-state index contributed by atoms with van der Waals surface area (Å²) in [6.45, 7) is 0.855. The SMILES string of the molecule is O=C(CCc1ccsc1)N1CCC[C@H]1c1ncc[nH]1. The highest BCUT2D eigenvalue weighted by Crippen LogP contribution is 2.30. The van der Waals surface area contributed by atoms with Crippen LogP contribution in [0.3, 0.4) is 0 Å². The van der Waals surface area contributed by atoms with Crippen LogP contribution in [0.1, 0.15) is 36.7 Å². The minimum absolute atomic E-state index is 0.143. The van der Waals surface area contributed by atoms with E-state index in [1.165, 1.54) is 5.56 Å². The maximum Gasteiger partial charge on any atom is 0.223 e. The summed E-state index contributed by atoms with van der Waals surface area (Å²) in [6.07, 6.45) is 7.08. The number of H-pyrrole nitrogens is 1. The summed E-state index contributed by atoms with van der Waals surface area (Å²) >= 11 is 1.68. The number of imidazole rings is 1. The van der Waals surface area contributed by atoms with E-state index in [9.17, 15) is 4.79 Å². The van der Waals surface area contributed by atoms with Crippen molar-refractivity contribution in [1.29, 1.82) is 0 Å². The van der Waals surface area contributed by atoms with Crippen molar-refractivity contribution in [2.24, 2.45) is 0 Å². The average molecular weight is 275 g/mol. The molecule has 2 aromatic heterocycles. The fourth-order valence-electron chi connectivity index (χ4n) is 2.64. The second-order valence-corrected chi connectivity index (χ2v) is 5.63. The number of thiophene rings is 1. The fourth-order valence-corrected chi connectivity index (χ4v) is 3.34. The topological polar surface area (TPSA) is 49.0 Å². The first-order chi connectivity index (χ1) is 9.34. The van der Waals surface area contributed by atoms with Gasteiger partial charge >= 0.3 is 0 Å². The monoisotopic (exact) mass is 275 g/mol. The minimum Gasteiger partial charge on any atom is -0.347 e. The molecule has 0 aromatic carbocycles. The summed E-state index contributed by atoms with van der Waals surface area (Å²) in [6, 6.07) is 2.23. The van der Waals surface area contributed by atoms with Crippen molar-refractivity contribution in [3.8, 4) is 0 Å². The summed E-state index contributed by atoms with van der Waals surface area (Å²) in [7, 11) is 0. The van der Waals surface area contributed by atoms with E-state index in [0.29, 0.717) is 6.42 Å². The number of rotatable bonds is 4. The molecular weight excluding hydrogens is 258 g/mol. The number of carbonyl (C=O) groups is 1. The Morgan fingerprint density at radius 3 is 3.26 bits per heavy atom. The summed E-state index contributed by atoms with van der Waals surface area (Å²) in [5.74, 6) is 1.16. The highest BCUT2D eigenvalue weighted by molar-refractivity contribution is 7.07. The standard InChI is InChI=1S/C14H17N3OS/c18-13(4-3-11-5-9-19-10-11)17-8-1-2-12(17)14-15-6-7-16-14/h5-7,9-10,12H,1-4,8H2,(H,15,16)/t12-/m0/s1. The van der Waals surface area contributed by atoms with Crippen molar-refractivity contribution in [3.63, 3.8) is 0 Å². The summed E-state index contributed by atoms with van der Waals surface area (Å²) in [4.78, 5) is 21.7. The first-order valence-corrected chi connectivity index (χ1v) is 7.58. The number of nitrogens with one attached hydrogen (secondary N) is 1. The van der Waals surface area contributed by atoms with Gasteiger partial charge in [-0.15, -0.1) is 0 Å². The van der Waals surface area contributed by atoms with Crippen LogP contribution in [0, 0.1) is 0 Å². The second kappa shape index (κ2) is 5.57. The molecule has 1 saturated heterocycles. The fraction of sp³-hybridized carbons (Fsp3) is 0.429. The maximum absolute atomic E-state index is 12.3. The van der Waals surface area contributed by atoms with Crippen LogP contribution in [-0.2, 0) is 11.2 Å². The van der Waals surface area contributed by atoms with Gasteiger partial charge in [0.2, 0.25) is 5.91 Å². The van der Waals surface area contributed by atoms with Crippen molar-refractivity contribution < 1.29 is 4.79 Å². The van der Waals surface area contributed by atoms with Gasteiger partial charge in [-0.05, 0) is 41.7 Å². The number of hydrogen-bond acceptors (Lipinski definition) is 3. The predicted molar refractivity (Wildman–Crippen MR) is 74.9 cm³/mol. The van der Waals surface area contributed by atoms with Crippen LogP contribution < -0.4 is 0 Å². The molecule has 3 rings (SSSR count). The van der Waals surface area contributed by atoms with Crippen molar-refractivity contribution in [3.05, 3.63) is 40.6 Å². The predicted octanol–water partition coefficient (Wildman–Crippen LogP) is 2.77. The van der Waals surface area contributed by atoms with Gasteiger partial charge in [0.25, 0.3) is 0 Å². The third-order valence-corrected chi connectivity index (χ3v) is 4.35. The van der Waals surface area contributed by atoms with Crippen molar-refractivity contribution >= 4 is 17.2 Å². The van der Waals surface area contributed by atoms with E-state index in [4.69, 9.17) is 0 Å². The van der Waals surface area contributed by atoms with E-state index in [0.717, 1.165) is 31.6 Å². The van der Waals surface area contributed by atoms with Crippen LogP contribution in [0.15, 0.2) is 29.2 Å². The minimum atomic E-state index is 0.143. The third kappa shape index (κ3) is 2.71. The molecule has 3 heterocycles. The first kappa shape index (κ1) is 12.4. The third-order valence-electron chi connectivity index (χ3n) is 3.62. The number of carbonyl (C=O) groups excluding carboxylic acids is 1. The zero-order valence-corrected chi connectivity index (χ0v) is 11.5. The number of nitrogens with zero attached hydrogens (tertiary/aromatic N) is 2. The van der Waals surface area contributed by atoms with E-state index in [1.54, 1.807) is 17.5 Å². The van der Waals surface area contributed by atoms with E-state index in [-0.39, 0.29) is 11.9 Å². The Morgan fingerprint density at radius 1 is 1.58 bits per heavy atom. The average Bonchev–Trinajstić information content (AvgIpc) is 3.14. The van der Waals surface area contributed by atoms with Gasteiger partial charge in [0.05, 0.1) is 6.04 Å². The van der Waals surface area contributed by atoms with E-state index < -0.39 is 0 Å². The van der Waals surface area contributed by atoms with Crippen LogP contribution in [0.25, 0.3) is 0 Å². The van der Waals surface area contributed by atoms with Gasteiger partial charge in [0.15, 0.2) is 0 Å². The molecule has 1 aliphatic rings. The number of aromatic amines is 1. The Bertz CT molecular complexity index is 521. The molecule has 5 heteroatoms. The molecule has 1 N–H and O–H groups in total. The van der Waals surface area contributed by atoms with Crippen LogP contribution in [0.2, 0.25) is 0 Å². The lowest BCUT2D eigenvalue weighted by atomic mass is 10.1. The number of amides is 1. The Hall–Kier alpha value is -1.62. The lowest BCUT2D eigenvalue weighted by Crippen LogP contribution is -2.31. The molecule has 0 bridgehead atoms. The van der Waals surface area contributed by atoms with Gasteiger partial charge in [-0.1, -0.05) is 0 Å². The Labute approximate surface area is 116 Å². The number of aryl methyl sites for hydroxylation is 1. The molecule has 1 atom stereocenters.